The van der Waals surface area contributed by atoms with Crippen LogP contribution < -0.4 is 10.6 Å². The molecule has 2 aliphatic heterocycles. The van der Waals surface area contributed by atoms with Gasteiger partial charge in [0.15, 0.2) is 0 Å². The normalized spacial score (nSPS) is 21.8. The monoisotopic (exact) mass is 565 g/mol. The third-order valence-corrected chi connectivity index (χ3v) is 9.20. The molecule has 0 saturated carbocycles. The van der Waals surface area contributed by atoms with Crippen LogP contribution in [0.1, 0.15) is 87.0 Å². The molecule has 0 bridgehead atoms. The van der Waals surface area contributed by atoms with Crippen LogP contribution in [-0.4, -0.2) is 109 Å². The summed E-state index contributed by atoms with van der Waals surface area (Å²) in [6.07, 6.45) is 4.25. The first-order valence-corrected chi connectivity index (χ1v) is 15.1. The number of carbonyl (C=O) groups is 4. The summed E-state index contributed by atoms with van der Waals surface area (Å²) in [6, 6.07) is -1.71. The number of nitrogens with one attached hydrogen (secondary N) is 2. The summed E-state index contributed by atoms with van der Waals surface area (Å²) in [6.45, 7) is 15.9. The number of methoxy groups -OCH3 is 1. The summed E-state index contributed by atoms with van der Waals surface area (Å²) in [5.74, 6) is -0.560. The molecule has 2 N–H and O–H groups in total. The van der Waals surface area contributed by atoms with Crippen molar-refractivity contribution in [3.63, 3.8) is 0 Å². The average Bonchev–Trinajstić information content (AvgIpc) is 3.59. The number of hydrogen-bond acceptors (Lipinski definition) is 7. The van der Waals surface area contributed by atoms with Crippen molar-refractivity contribution in [2.45, 2.75) is 117 Å². The Morgan fingerprint density at radius 3 is 2.08 bits per heavy atom. The summed E-state index contributed by atoms with van der Waals surface area (Å²) in [5, 5.41) is 6.27. The lowest BCUT2D eigenvalue weighted by Crippen LogP contribution is -2.63. The number of rotatable bonds is 12. The van der Waals surface area contributed by atoms with Crippen LogP contribution in [-0.2, 0) is 23.9 Å². The number of likely N-dealkylation sites (N-methyl/N-ethyl adjacent to an activating group) is 2. The summed E-state index contributed by atoms with van der Waals surface area (Å²) in [7, 11) is 4.95. The second-order valence-electron chi connectivity index (χ2n) is 12.9. The van der Waals surface area contributed by atoms with Gasteiger partial charge in [-0.25, -0.2) is 4.79 Å². The van der Waals surface area contributed by atoms with E-state index in [0.717, 1.165) is 25.8 Å². The molecule has 4 atom stereocenters. The summed E-state index contributed by atoms with van der Waals surface area (Å²) in [4.78, 5) is 59.0. The fourth-order valence-corrected chi connectivity index (χ4v) is 6.27. The Labute approximate surface area is 241 Å². The first-order valence-electron chi connectivity index (χ1n) is 15.1. The molecule has 2 fully saturated rings. The van der Waals surface area contributed by atoms with Crippen LogP contribution in [0.3, 0.4) is 0 Å². The molecule has 2 rings (SSSR count). The molecule has 3 amide bonds. The maximum Gasteiger partial charge on any atom is 0.328 e. The van der Waals surface area contributed by atoms with Crippen LogP contribution in [0.15, 0.2) is 0 Å². The molecule has 0 aromatic carbocycles. The Morgan fingerprint density at radius 1 is 1.00 bits per heavy atom. The van der Waals surface area contributed by atoms with E-state index in [9.17, 15) is 19.2 Å². The van der Waals surface area contributed by atoms with Gasteiger partial charge in [-0.3, -0.25) is 19.3 Å². The van der Waals surface area contributed by atoms with Gasteiger partial charge in [-0.05, 0) is 63.5 Å². The molecule has 40 heavy (non-hydrogen) atoms. The predicted octanol–water partition coefficient (Wildman–Crippen LogP) is 2.41. The Morgan fingerprint density at radius 2 is 1.57 bits per heavy atom. The fourth-order valence-electron chi connectivity index (χ4n) is 6.27. The molecule has 0 aromatic rings. The Hall–Kier alpha value is -2.20. The van der Waals surface area contributed by atoms with Crippen LogP contribution in [0, 0.1) is 11.3 Å². The van der Waals surface area contributed by atoms with Gasteiger partial charge in [-0.15, -0.1) is 0 Å². The lowest BCUT2D eigenvalue weighted by molar-refractivity contribution is -0.152. The van der Waals surface area contributed by atoms with Gasteiger partial charge < -0.3 is 25.2 Å². The van der Waals surface area contributed by atoms with Crippen molar-refractivity contribution in [1.29, 1.82) is 0 Å². The smallest absolute Gasteiger partial charge is 0.328 e. The van der Waals surface area contributed by atoms with Crippen molar-refractivity contribution >= 4 is 23.7 Å². The number of carbonyl (C=O) groups excluding carboxylic acids is 4. The van der Waals surface area contributed by atoms with Gasteiger partial charge in [-0.2, -0.15) is 0 Å². The minimum absolute atomic E-state index is 0.0238. The Kier molecular flexibility index (Phi) is 12.0. The van der Waals surface area contributed by atoms with Crippen LogP contribution in [0.4, 0.5) is 0 Å². The molecule has 0 radical (unpaired) electrons. The average molecular weight is 566 g/mol. The van der Waals surface area contributed by atoms with E-state index in [4.69, 9.17) is 4.74 Å². The molecule has 230 valence electrons. The highest BCUT2D eigenvalue weighted by atomic mass is 16.5. The molecule has 0 unspecified atom stereocenters. The van der Waals surface area contributed by atoms with E-state index < -0.39 is 23.0 Å². The quantitative estimate of drug-likeness (QED) is 0.350. The van der Waals surface area contributed by atoms with Gasteiger partial charge in [0, 0.05) is 26.2 Å². The highest BCUT2D eigenvalue weighted by Crippen LogP contribution is 2.28. The molecule has 10 nitrogen and oxygen atoms in total. The second-order valence-corrected chi connectivity index (χ2v) is 12.9. The van der Waals surface area contributed by atoms with Crippen molar-refractivity contribution in [3.8, 4) is 0 Å². The van der Waals surface area contributed by atoms with Gasteiger partial charge in [0.25, 0.3) is 0 Å². The fraction of sp³-hybridized carbons (Fsp3) is 0.867. The maximum atomic E-state index is 14.1. The van der Waals surface area contributed by atoms with E-state index in [1.54, 1.807) is 16.8 Å². The van der Waals surface area contributed by atoms with Crippen LogP contribution in [0.25, 0.3) is 0 Å². The van der Waals surface area contributed by atoms with E-state index in [1.807, 2.05) is 41.7 Å². The van der Waals surface area contributed by atoms with Crippen molar-refractivity contribution in [3.05, 3.63) is 0 Å². The Bertz CT molecular complexity index is 889. The third-order valence-electron chi connectivity index (χ3n) is 9.20. The lowest BCUT2D eigenvalue weighted by atomic mass is 9.83. The zero-order valence-corrected chi connectivity index (χ0v) is 26.6. The van der Waals surface area contributed by atoms with Crippen molar-refractivity contribution in [2.75, 3.05) is 40.8 Å². The number of amides is 3. The highest BCUT2D eigenvalue weighted by Gasteiger charge is 2.44. The molecular formula is C30H55N5O5. The number of likely N-dealkylation sites (tertiary alicyclic amines) is 2. The van der Waals surface area contributed by atoms with E-state index >= 15 is 0 Å². The molecule has 0 spiro atoms. The minimum Gasteiger partial charge on any atom is -0.467 e. The van der Waals surface area contributed by atoms with Crippen molar-refractivity contribution in [2.24, 2.45) is 11.3 Å². The molecule has 2 heterocycles. The van der Waals surface area contributed by atoms with Gasteiger partial charge >= 0.3 is 5.97 Å². The predicted molar refractivity (Wildman–Crippen MR) is 157 cm³/mol. The van der Waals surface area contributed by atoms with E-state index in [0.29, 0.717) is 32.4 Å². The molecule has 10 heteroatoms. The SMILES string of the molecule is CCC(CC)(NC)C(=O)N[C@H](C(=O)N(C)[C@H](CN1CCC[C@H]1C(=O)N1CCC[C@H]1C(=O)OC)C(C)C)C(C)(C)C. The largest absolute Gasteiger partial charge is 0.467 e. The van der Waals surface area contributed by atoms with Crippen LogP contribution in [0.5, 0.6) is 0 Å². The van der Waals surface area contributed by atoms with E-state index in [2.05, 4.69) is 29.4 Å². The zero-order chi connectivity index (χ0) is 30.4. The Balaban J connectivity index is 2.25. The number of ether oxygens (including phenoxy) is 1. The first-order chi connectivity index (χ1) is 18.7. The van der Waals surface area contributed by atoms with Gasteiger partial charge in [-0.1, -0.05) is 48.5 Å². The van der Waals surface area contributed by atoms with Crippen molar-refractivity contribution < 1.29 is 23.9 Å². The van der Waals surface area contributed by atoms with Gasteiger partial charge in [0.05, 0.1) is 18.7 Å². The zero-order valence-electron chi connectivity index (χ0n) is 26.6. The first kappa shape index (κ1) is 34.0. The maximum absolute atomic E-state index is 14.1. The summed E-state index contributed by atoms with van der Waals surface area (Å²) >= 11 is 0. The summed E-state index contributed by atoms with van der Waals surface area (Å²) < 4.78 is 4.95. The van der Waals surface area contributed by atoms with E-state index in [1.165, 1.54) is 7.11 Å². The number of hydrogen-bond donors (Lipinski definition) is 2. The van der Waals surface area contributed by atoms with Gasteiger partial charge in [0.1, 0.15) is 12.1 Å². The molecule has 2 aliphatic rings. The topological polar surface area (TPSA) is 111 Å². The van der Waals surface area contributed by atoms with Crippen LogP contribution >= 0.6 is 0 Å². The van der Waals surface area contributed by atoms with E-state index in [-0.39, 0.29) is 41.7 Å². The highest BCUT2D eigenvalue weighted by molar-refractivity contribution is 5.92. The lowest BCUT2D eigenvalue weighted by Gasteiger charge is -2.42. The molecule has 2 saturated heterocycles. The van der Waals surface area contributed by atoms with Crippen molar-refractivity contribution in [1.82, 2.24) is 25.3 Å². The summed E-state index contributed by atoms with van der Waals surface area (Å²) in [5.41, 5.74) is -1.24. The van der Waals surface area contributed by atoms with Crippen LogP contribution in [0.2, 0.25) is 0 Å². The minimum atomic E-state index is -0.736. The van der Waals surface area contributed by atoms with Gasteiger partial charge in [0.2, 0.25) is 17.7 Å². The number of esters is 1. The number of nitrogens with zero attached hydrogens (tertiary/aromatic N) is 3. The second kappa shape index (κ2) is 14.1. The molecule has 0 aliphatic carbocycles. The standard InChI is InChI=1S/C30H55N5O5/c1-11-30(12-2,31-8)28(39)32-24(29(5,6)7)26(37)33(9)23(20(3)4)19-34-17-13-15-21(34)25(36)35-18-14-16-22(35)27(38)40-10/h20-24,31H,11-19H2,1-10H3,(H,32,39)/t21-,22-,23+,24+/m0/s1. The molecular weight excluding hydrogens is 510 g/mol. The third kappa shape index (κ3) is 7.35. The molecule has 0 aromatic heterocycles.